The zero-order valence-corrected chi connectivity index (χ0v) is 11.4. The summed E-state index contributed by atoms with van der Waals surface area (Å²) in [6.07, 6.45) is 2.66. The van der Waals surface area contributed by atoms with Gasteiger partial charge in [-0.05, 0) is 25.2 Å². The summed E-state index contributed by atoms with van der Waals surface area (Å²) >= 11 is 0. The lowest BCUT2D eigenvalue weighted by Crippen LogP contribution is -2.36. The summed E-state index contributed by atoms with van der Waals surface area (Å²) in [6, 6.07) is -0.441. The highest BCUT2D eigenvalue weighted by molar-refractivity contribution is 7.90. The van der Waals surface area contributed by atoms with Crippen LogP contribution in [0.1, 0.15) is 32.6 Å². The Bertz CT molecular complexity index is 438. The first-order valence-corrected chi connectivity index (χ1v) is 7.87. The van der Waals surface area contributed by atoms with E-state index in [1.807, 2.05) is 0 Å². The van der Waals surface area contributed by atoms with Crippen molar-refractivity contribution in [3.8, 4) is 0 Å². The summed E-state index contributed by atoms with van der Waals surface area (Å²) in [7, 11) is -3.09. The molecular weight excluding hydrogens is 258 g/mol. The van der Waals surface area contributed by atoms with E-state index in [0.29, 0.717) is 0 Å². The van der Waals surface area contributed by atoms with E-state index in [4.69, 9.17) is 5.11 Å². The van der Waals surface area contributed by atoms with E-state index < -0.39 is 27.3 Å². The molecule has 1 unspecified atom stereocenters. The Labute approximate surface area is 107 Å². The highest BCUT2D eigenvalue weighted by Crippen LogP contribution is 2.49. The molecule has 0 spiro atoms. The highest BCUT2D eigenvalue weighted by Gasteiger charge is 2.46. The van der Waals surface area contributed by atoms with Crippen LogP contribution in [0.2, 0.25) is 0 Å². The number of carbonyl (C=O) groups is 2. The van der Waals surface area contributed by atoms with Crippen molar-refractivity contribution in [3.05, 3.63) is 0 Å². The zero-order valence-electron chi connectivity index (χ0n) is 10.6. The van der Waals surface area contributed by atoms with E-state index >= 15 is 0 Å². The highest BCUT2D eigenvalue weighted by atomic mass is 32.2. The van der Waals surface area contributed by atoms with Gasteiger partial charge in [-0.3, -0.25) is 9.59 Å². The molecule has 1 aliphatic rings. The van der Waals surface area contributed by atoms with E-state index in [9.17, 15) is 18.0 Å². The minimum absolute atomic E-state index is 0.0285. The maximum atomic E-state index is 11.7. The van der Waals surface area contributed by atoms with Gasteiger partial charge in [0.2, 0.25) is 5.91 Å². The minimum atomic E-state index is -3.09. The molecule has 0 heterocycles. The fourth-order valence-corrected chi connectivity index (χ4v) is 3.59. The molecule has 6 nitrogen and oxygen atoms in total. The summed E-state index contributed by atoms with van der Waals surface area (Å²) in [6.45, 7) is 1.61. The van der Waals surface area contributed by atoms with Crippen LogP contribution < -0.4 is 5.32 Å². The van der Waals surface area contributed by atoms with Crippen LogP contribution in [-0.4, -0.2) is 43.5 Å². The van der Waals surface area contributed by atoms with Crippen molar-refractivity contribution >= 4 is 21.7 Å². The summed E-state index contributed by atoms with van der Waals surface area (Å²) in [5.41, 5.74) is -0.416. The molecule has 1 aliphatic carbocycles. The van der Waals surface area contributed by atoms with E-state index in [2.05, 4.69) is 5.32 Å². The second kappa shape index (κ2) is 5.26. The lowest BCUT2D eigenvalue weighted by molar-refractivity contribution is -0.137. The maximum absolute atomic E-state index is 11.7. The summed E-state index contributed by atoms with van der Waals surface area (Å²) < 4.78 is 22.5. The van der Waals surface area contributed by atoms with E-state index in [0.717, 1.165) is 19.1 Å². The molecule has 0 aromatic carbocycles. The smallest absolute Gasteiger partial charge is 0.305 e. The Morgan fingerprint density at radius 2 is 1.94 bits per heavy atom. The number of rotatable bonds is 7. The largest absolute Gasteiger partial charge is 0.481 e. The van der Waals surface area contributed by atoms with Crippen molar-refractivity contribution in [2.24, 2.45) is 5.41 Å². The van der Waals surface area contributed by atoms with Crippen LogP contribution in [0.4, 0.5) is 0 Å². The maximum Gasteiger partial charge on any atom is 0.305 e. The number of amides is 1. The Morgan fingerprint density at radius 1 is 1.39 bits per heavy atom. The molecule has 1 atom stereocenters. The molecule has 0 bridgehead atoms. The van der Waals surface area contributed by atoms with Gasteiger partial charge in [0.15, 0.2) is 0 Å². The van der Waals surface area contributed by atoms with E-state index in [1.54, 1.807) is 6.92 Å². The molecule has 104 valence electrons. The molecule has 7 heteroatoms. The second-order valence-electron chi connectivity index (χ2n) is 5.31. The Kier molecular flexibility index (Phi) is 4.37. The van der Waals surface area contributed by atoms with Gasteiger partial charge in [-0.1, -0.05) is 0 Å². The summed E-state index contributed by atoms with van der Waals surface area (Å²) in [5, 5.41) is 11.1. The average molecular weight is 277 g/mol. The van der Waals surface area contributed by atoms with Gasteiger partial charge in [0.25, 0.3) is 0 Å². The number of nitrogens with one attached hydrogen (secondary N) is 1. The molecule has 1 fully saturated rings. The third-order valence-electron chi connectivity index (χ3n) is 2.95. The lowest BCUT2D eigenvalue weighted by atomic mass is 10.0. The zero-order chi connectivity index (χ0) is 14.0. The van der Waals surface area contributed by atoms with Crippen molar-refractivity contribution in [2.45, 2.75) is 38.6 Å². The predicted molar refractivity (Wildman–Crippen MR) is 65.9 cm³/mol. The van der Waals surface area contributed by atoms with Crippen molar-refractivity contribution in [1.82, 2.24) is 5.32 Å². The second-order valence-corrected chi connectivity index (χ2v) is 7.45. The predicted octanol–water partition coefficient (Wildman–Crippen LogP) is 0.181. The molecular formula is C11H19NO5S. The van der Waals surface area contributed by atoms with Crippen molar-refractivity contribution in [2.75, 3.05) is 12.0 Å². The number of sulfone groups is 1. The molecule has 18 heavy (non-hydrogen) atoms. The third-order valence-corrected chi connectivity index (χ3v) is 4.09. The van der Waals surface area contributed by atoms with Crippen LogP contribution in [0.3, 0.4) is 0 Å². The number of hydrogen-bond donors (Lipinski definition) is 2. The van der Waals surface area contributed by atoms with E-state index in [1.165, 1.54) is 0 Å². The van der Waals surface area contributed by atoms with Gasteiger partial charge < -0.3 is 10.4 Å². The van der Waals surface area contributed by atoms with Gasteiger partial charge in [0.05, 0.1) is 12.2 Å². The molecule has 0 saturated heterocycles. The normalized spacial score (nSPS) is 19.0. The number of carboxylic acid groups (broad SMARTS) is 1. The molecule has 2 N–H and O–H groups in total. The Balaban J connectivity index is 2.43. The molecule has 0 radical (unpaired) electrons. The molecule has 0 aliphatic heterocycles. The van der Waals surface area contributed by atoms with Crippen LogP contribution in [0.15, 0.2) is 0 Å². The fourth-order valence-electron chi connectivity index (χ4n) is 2.08. The third kappa shape index (κ3) is 5.48. The van der Waals surface area contributed by atoms with Gasteiger partial charge in [-0.2, -0.15) is 0 Å². The quantitative estimate of drug-likeness (QED) is 0.691. The first-order valence-electron chi connectivity index (χ1n) is 5.81. The average Bonchev–Trinajstić information content (AvgIpc) is 2.77. The standard InChI is InChI=1S/C11H19NO5S/c1-8(5-10(14)15)12-9(13)6-11(3-4-11)7-18(2,16)17/h8H,3-7H2,1-2H3,(H,12,13)(H,14,15). The molecule has 1 amide bonds. The van der Waals surface area contributed by atoms with Gasteiger partial charge in [-0.15, -0.1) is 0 Å². The van der Waals surface area contributed by atoms with Gasteiger partial charge >= 0.3 is 5.97 Å². The number of carboxylic acids is 1. The summed E-state index contributed by atoms with van der Waals surface area (Å²) in [5.74, 6) is -1.22. The Morgan fingerprint density at radius 3 is 2.33 bits per heavy atom. The van der Waals surface area contributed by atoms with Crippen LogP contribution in [0.25, 0.3) is 0 Å². The van der Waals surface area contributed by atoms with Gasteiger partial charge in [-0.25, -0.2) is 8.42 Å². The van der Waals surface area contributed by atoms with Crippen LogP contribution >= 0.6 is 0 Å². The molecule has 0 aromatic heterocycles. The molecule has 0 aromatic rings. The Hall–Kier alpha value is -1.11. The van der Waals surface area contributed by atoms with Gasteiger partial charge in [0.1, 0.15) is 9.84 Å². The van der Waals surface area contributed by atoms with E-state index in [-0.39, 0.29) is 24.5 Å². The first-order chi connectivity index (χ1) is 8.12. The minimum Gasteiger partial charge on any atom is -0.481 e. The van der Waals surface area contributed by atoms with Crippen molar-refractivity contribution < 1.29 is 23.1 Å². The van der Waals surface area contributed by atoms with Crippen molar-refractivity contribution in [3.63, 3.8) is 0 Å². The fraction of sp³-hybridized carbons (Fsp3) is 0.818. The van der Waals surface area contributed by atoms with Gasteiger partial charge in [0, 0.05) is 18.7 Å². The van der Waals surface area contributed by atoms with Crippen LogP contribution in [0.5, 0.6) is 0 Å². The number of carbonyl (C=O) groups excluding carboxylic acids is 1. The number of aliphatic carboxylic acids is 1. The monoisotopic (exact) mass is 277 g/mol. The molecule has 1 saturated carbocycles. The first kappa shape index (κ1) is 14.9. The topological polar surface area (TPSA) is 101 Å². The van der Waals surface area contributed by atoms with Crippen LogP contribution in [-0.2, 0) is 19.4 Å². The SMILES string of the molecule is CC(CC(=O)O)NC(=O)CC1(CS(C)(=O)=O)CC1. The van der Waals surface area contributed by atoms with Crippen LogP contribution in [0, 0.1) is 5.41 Å². The lowest BCUT2D eigenvalue weighted by Gasteiger charge is -2.16. The van der Waals surface area contributed by atoms with Crippen molar-refractivity contribution in [1.29, 1.82) is 0 Å². The molecule has 1 rings (SSSR count). The number of hydrogen-bond acceptors (Lipinski definition) is 4. The summed E-state index contributed by atoms with van der Waals surface area (Å²) in [4.78, 5) is 22.1.